The zero-order valence-corrected chi connectivity index (χ0v) is 48.5. The van der Waals surface area contributed by atoms with Crippen molar-refractivity contribution in [3.63, 3.8) is 0 Å². The summed E-state index contributed by atoms with van der Waals surface area (Å²) in [6.07, 6.45) is 2.30. The van der Waals surface area contributed by atoms with Crippen LogP contribution in [0.2, 0.25) is 0 Å². The monoisotopic (exact) mass is 1170 g/mol. The van der Waals surface area contributed by atoms with Crippen LogP contribution in [0.5, 0.6) is 5.75 Å². The van der Waals surface area contributed by atoms with E-state index >= 15 is 4.39 Å². The van der Waals surface area contributed by atoms with Crippen LogP contribution in [-0.4, -0.2) is 148 Å². The Kier molecular flexibility index (Phi) is 23.9. The van der Waals surface area contributed by atoms with Gasteiger partial charge in [0.15, 0.2) is 5.60 Å². The zero-order chi connectivity index (χ0) is 60.3. The number of nitrogens with zero attached hydrogens (tertiary/aromatic N) is 2. The molecule has 4 heterocycles. The number of carbonyl (C=O) groups is 6. The van der Waals surface area contributed by atoms with Crippen molar-refractivity contribution in [2.45, 2.75) is 123 Å². The summed E-state index contributed by atoms with van der Waals surface area (Å²) in [4.78, 5) is 97.5. The first-order chi connectivity index (χ1) is 40.4. The topological polar surface area (TPSA) is 318 Å². The molecule has 6 amide bonds. The minimum Gasteiger partial charge on any atom is -0.458 e. The molecule has 24 nitrogen and oxygen atoms in total. The van der Waals surface area contributed by atoms with Gasteiger partial charge in [0.2, 0.25) is 17.7 Å². The second kappa shape index (κ2) is 31.1. The van der Waals surface area contributed by atoms with Gasteiger partial charge in [-0.1, -0.05) is 34.1 Å². The van der Waals surface area contributed by atoms with E-state index in [1.165, 1.54) is 34.9 Å². The number of urea groups is 1. The molecule has 3 aliphatic rings. The number of halogens is 1. The normalized spacial score (nSPS) is 16.5. The highest BCUT2D eigenvalue weighted by molar-refractivity contribution is 5.99. The first-order valence-corrected chi connectivity index (χ1v) is 28.8. The standard InChI is InChI=1S/C59H79FN8O16/c1-6-8-19-77-21-23-79-25-27-81-29-30-82-28-26-80-24-22-78-20-17-48(69)67-51(35(3)4)54(71)65-45(10-9-18-62-57(61)74)53(70)63-37-11-13-38(14-12-37)84-58(75)66-44-16-15-39-36(5)43(60)32-46-49(39)50(44)40-33-68-47(52(40)64-46)31-42-41(55(68)72)34-83-56(73)59(42,76)7-2/h11-14,31-32,35,44-45,51,76H,6-10,15-30,33-34H2,1-5H3,(H,63,70)(H,65,71)(H,66,75)(H,67,69)(H3,61,62,74)/t44-,45-,51-,59-/m0/s1. The maximum absolute atomic E-state index is 15.5. The molecule has 25 heteroatoms. The summed E-state index contributed by atoms with van der Waals surface area (Å²) >= 11 is 0. The number of cyclic esters (lactones) is 1. The van der Waals surface area contributed by atoms with Gasteiger partial charge >= 0.3 is 18.1 Å². The molecule has 2 aromatic heterocycles. The molecule has 8 N–H and O–H groups in total. The van der Waals surface area contributed by atoms with Gasteiger partial charge in [-0.2, -0.15) is 0 Å². The third-order valence-corrected chi connectivity index (χ3v) is 14.8. The number of primary amides is 1. The molecule has 0 fully saturated rings. The van der Waals surface area contributed by atoms with Gasteiger partial charge < -0.3 is 79.9 Å². The van der Waals surface area contributed by atoms with E-state index in [1.807, 2.05) is 0 Å². The van der Waals surface area contributed by atoms with Crippen molar-refractivity contribution in [2.24, 2.45) is 11.7 Å². The molecule has 0 radical (unpaired) electrons. The number of pyridine rings is 2. The molecule has 458 valence electrons. The fourth-order valence-electron chi connectivity index (χ4n) is 10.3. The minimum atomic E-state index is -2.05. The van der Waals surface area contributed by atoms with Gasteiger partial charge in [-0.05, 0) is 98.4 Å². The Morgan fingerprint density at radius 2 is 1.46 bits per heavy atom. The van der Waals surface area contributed by atoms with Crippen LogP contribution in [0.25, 0.3) is 22.3 Å². The number of aliphatic hydroxyl groups is 1. The molecule has 4 atom stereocenters. The molecule has 2 aromatic carbocycles. The van der Waals surface area contributed by atoms with Crippen molar-refractivity contribution in [2.75, 3.05) is 91.1 Å². The summed E-state index contributed by atoms with van der Waals surface area (Å²) in [5, 5.41) is 25.8. The van der Waals surface area contributed by atoms with Gasteiger partial charge in [0.1, 0.15) is 30.3 Å². The summed E-state index contributed by atoms with van der Waals surface area (Å²) in [5.41, 5.74) is 6.69. The molecule has 7 rings (SSSR count). The smallest absolute Gasteiger partial charge is 0.413 e. The third kappa shape index (κ3) is 16.6. The van der Waals surface area contributed by atoms with E-state index in [1.54, 1.807) is 33.8 Å². The van der Waals surface area contributed by atoms with Crippen LogP contribution in [0.1, 0.15) is 112 Å². The van der Waals surface area contributed by atoms with Crippen molar-refractivity contribution in [3.8, 4) is 17.1 Å². The van der Waals surface area contributed by atoms with Crippen molar-refractivity contribution < 1.29 is 76.2 Å². The molecule has 2 aliphatic heterocycles. The number of carbonyl (C=O) groups excluding carboxylic acids is 6. The predicted octanol–water partition coefficient (Wildman–Crippen LogP) is 4.61. The van der Waals surface area contributed by atoms with Gasteiger partial charge in [0.05, 0.1) is 108 Å². The van der Waals surface area contributed by atoms with Crippen LogP contribution >= 0.6 is 0 Å². The molecule has 84 heavy (non-hydrogen) atoms. The van der Waals surface area contributed by atoms with Crippen molar-refractivity contribution in [3.05, 3.63) is 85.9 Å². The van der Waals surface area contributed by atoms with Crippen molar-refractivity contribution in [1.29, 1.82) is 0 Å². The Morgan fingerprint density at radius 3 is 2.07 bits per heavy atom. The zero-order valence-electron chi connectivity index (χ0n) is 48.5. The lowest BCUT2D eigenvalue weighted by molar-refractivity contribution is -0.172. The maximum Gasteiger partial charge on any atom is 0.413 e. The summed E-state index contributed by atoms with van der Waals surface area (Å²) in [5.74, 6) is -3.24. The molecule has 0 unspecified atom stereocenters. The van der Waals surface area contributed by atoms with Crippen LogP contribution in [-0.2, 0) is 77.5 Å². The molecule has 4 aromatic rings. The van der Waals surface area contributed by atoms with Gasteiger partial charge in [-0.3, -0.25) is 19.2 Å². The second-order valence-electron chi connectivity index (χ2n) is 21.0. The molecule has 0 saturated heterocycles. The lowest BCUT2D eigenvalue weighted by atomic mass is 9.81. The van der Waals surface area contributed by atoms with E-state index in [0.717, 1.165) is 25.0 Å². The first-order valence-electron chi connectivity index (χ1n) is 28.8. The Bertz CT molecular complexity index is 3030. The SMILES string of the molecule is CCCCOCCOCCOCCOCCOCCOCCC(=O)N[C@H](C(=O)N[C@@H](CCCNC(N)=O)C(=O)Nc1ccc(OC(=O)N[C@H]2CCc3c(C)c(F)cc4nc5c(c2c34)Cn2c-5cc3c(c2=O)COC(=O)[C@]3(O)CC)cc1)C(C)C. The largest absolute Gasteiger partial charge is 0.458 e. The number of esters is 1. The number of aryl methyl sites for hydroxylation is 1. The van der Waals surface area contributed by atoms with E-state index in [9.17, 15) is 38.7 Å². The highest BCUT2D eigenvalue weighted by Gasteiger charge is 2.46. The summed E-state index contributed by atoms with van der Waals surface area (Å²) in [6, 6.07) is 5.25. The van der Waals surface area contributed by atoms with E-state index in [-0.39, 0.29) is 88.0 Å². The number of nitrogens with two attached hydrogens (primary N) is 1. The van der Waals surface area contributed by atoms with E-state index in [2.05, 4.69) is 33.5 Å². The van der Waals surface area contributed by atoms with Crippen molar-refractivity contribution >= 4 is 52.4 Å². The highest BCUT2D eigenvalue weighted by Crippen LogP contribution is 2.46. The number of nitrogens with one attached hydrogen (secondary N) is 5. The Morgan fingerprint density at radius 1 is 0.833 bits per heavy atom. The fourth-order valence-corrected chi connectivity index (χ4v) is 10.3. The number of amides is 6. The second-order valence-corrected chi connectivity index (χ2v) is 21.0. The molecule has 0 bridgehead atoms. The van der Waals surface area contributed by atoms with Crippen LogP contribution in [0.15, 0.2) is 41.2 Å². The number of ether oxygens (including phenoxy) is 8. The number of hydrogen-bond acceptors (Lipinski definition) is 17. The molecular formula is C59H79FN8O16. The lowest BCUT2D eigenvalue weighted by Gasteiger charge is -2.31. The average molecular weight is 1180 g/mol. The molecule has 0 spiro atoms. The summed E-state index contributed by atoms with van der Waals surface area (Å²) in [7, 11) is 0. The Labute approximate surface area is 486 Å². The number of hydrogen-bond donors (Lipinski definition) is 7. The van der Waals surface area contributed by atoms with Gasteiger partial charge in [0, 0.05) is 47.8 Å². The van der Waals surface area contributed by atoms with E-state index in [0.29, 0.717) is 110 Å². The molecule has 1 aliphatic carbocycles. The number of aromatic nitrogens is 2. The third-order valence-electron chi connectivity index (χ3n) is 14.8. The maximum atomic E-state index is 15.5. The van der Waals surface area contributed by atoms with E-state index < -0.39 is 70.9 Å². The van der Waals surface area contributed by atoms with Gasteiger partial charge in [0.25, 0.3) is 5.56 Å². The average Bonchev–Trinajstić information content (AvgIpc) is 1.58. The minimum absolute atomic E-state index is 0.0384. The van der Waals surface area contributed by atoms with Crippen LogP contribution in [0.4, 0.5) is 19.7 Å². The fraction of sp³-hybridized carbons (Fsp3) is 0.559. The number of benzene rings is 2. The molecular weight excluding hydrogens is 1100 g/mol. The number of unbranched alkanes of at least 4 members (excludes halogenated alkanes) is 1. The Hall–Kier alpha value is -7.13. The van der Waals surface area contributed by atoms with E-state index in [4.69, 9.17) is 48.6 Å². The Balaban J connectivity index is 0.888. The molecule has 0 saturated carbocycles. The first kappa shape index (κ1) is 64.4. The van der Waals surface area contributed by atoms with Crippen LogP contribution in [0, 0.1) is 18.7 Å². The quantitative estimate of drug-likeness (QED) is 0.0219. The number of rotatable bonds is 34. The number of fused-ring (bicyclic) bond motifs is 5. The predicted molar refractivity (Wildman–Crippen MR) is 304 cm³/mol. The van der Waals surface area contributed by atoms with Crippen LogP contribution in [0.3, 0.4) is 0 Å². The summed E-state index contributed by atoms with van der Waals surface area (Å²) in [6.45, 7) is 13.7. The lowest BCUT2D eigenvalue weighted by Crippen LogP contribution is -2.54. The van der Waals surface area contributed by atoms with Gasteiger partial charge in [-0.25, -0.2) is 23.8 Å². The number of anilines is 1. The van der Waals surface area contributed by atoms with Crippen LogP contribution < -0.4 is 42.6 Å². The summed E-state index contributed by atoms with van der Waals surface area (Å²) < 4.78 is 60.9. The van der Waals surface area contributed by atoms with Crippen molar-refractivity contribution in [1.82, 2.24) is 30.8 Å². The van der Waals surface area contributed by atoms with Gasteiger partial charge in [-0.15, -0.1) is 0 Å². The highest BCUT2D eigenvalue weighted by atomic mass is 19.1.